The number of hydrogen-bond acceptors (Lipinski definition) is 3. The van der Waals surface area contributed by atoms with E-state index in [4.69, 9.17) is 0 Å². The first-order valence-corrected chi connectivity index (χ1v) is 8.06. The first-order chi connectivity index (χ1) is 10.9. The van der Waals surface area contributed by atoms with Crippen LogP contribution >= 0.6 is 0 Å². The van der Waals surface area contributed by atoms with E-state index in [0.29, 0.717) is 11.6 Å². The van der Waals surface area contributed by atoms with Crippen LogP contribution in [0.4, 0.5) is 11.4 Å². The van der Waals surface area contributed by atoms with E-state index in [-0.39, 0.29) is 11.3 Å². The van der Waals surface area contributed by atoms with Crippen molar-refractivity contribution in [2.75, 3.05) is 10.6 Å². The number of nitrogens with one attached hydrogen (secondary N) is 2. The lowest BCUT2D eigenvalue weighted by Crippen LogP contribution is -2.19. The van der Waals surface area contributed by atoms with Crippen LogP contribution in [0.25, 0.3) is 0 Å². The van der Waals surface area contributed by atoms with Gasteiger partial charge in [0, 0.05) is 24.1 Å². The fourth-order valence-electron chi connectivity index (χ4n) is 2.55. The van der Waals surface area contributed by atoms with Gasteiger partial charge in [0.25, 0.3) is 5.91 Å². The van der Waals surface area contributed by atoms with Crippen LogP contribution in [-0.4, -0.2) is 16.9 Å². The van der Waals surface area contributed by atoms with Crippen molar-refractivity contribution in [3.8, 4) is 0 Å². The molecule has 1 saturated carbocycles. The number of rotatable bonds is 4. The lowest BCUT2D eigenvalue weighted by Gasteiger charge is -2.23. The lowest BCUT2D eigenvalue weighted by atomic mass is 9.86. The zero-order chi connectivity index (χ0) is 16.4. The fourth-order valence-corrected chi connectivity index (χ4v) is 2.55. The molecular weight excluding hydrogens is 286 g/mol. The molecule has 0 atom stereocenters. The van der Waals surface area contributed by atoms with Crippen LogP contribution in [-0.2, 0) is 5.41 Å². The van der Waals surface area contributed by atoms with Crippen molar-refractivity contribution in [2.45, 2.75) is 45.1 Å². The molecule has 1 heterocycles. The van der Waals surface area contributed by atoms with Crippen LogP contribution in [0, 0.1) is 0 Å². The van der Waals surface area contributed by atoms with Gasteiger partial charge in [-0.1, -0.05) is 39.0 Å². The van der Waals surface area contributed by atoms with E-state index >= 15 is 0 Å². The summed E-state index contributed by atoms with van der Waals surface area (Å²) >= 11 is 0. The standard InChI is InChI=1S/C19H23N3O/c1-19(2,3)16-6-4-5-7-17(16)22-18(23)13-10-15(12-20-11-13)21-14-8-9-14/h4-7,10-12,14,21H,8-9H2,1-3H3,(H,22,23). The minimum atomic E-state index is -0.131. The van der Waals surface area contributed by atoms with Gasteiger partial charge in [-0.25, -0.2) is 0 Å². The summed E-state index contributed by atoms with van der Waals surface area (Å²) in [6.45, 7) is 6.42. The van der Waals surface area contributed by atoms with Crippen molar-refractivity contribution >= 4 is 17.3 Å². The second kappa shape index (κ2) is 6.03. The SMILES string of the molecule is CC(C)(C)c1ccccc1NC(=O)c1cncc(NC2CC2)c1. The van der Waals surface area contributed by atoms with Crippen LogP contribution in [0.3, 0.4) is 0 Å². The Morgan fingerprint density at radius 3 is 2.61 bits per heavy atom. The maximum atomic E-state index is 12.6. The third-order valence-electron chi connectivity index (χ3n) is 3.93. The number of para-hydroxylation sites is 1. The Balaban J connectivity index is 1.79. The molecule has 0 bridgehead atoms. The average Bonchev–Trinajstić information content (AvgIpc) is 3.31. The van der Waals surface area contributed by atoms with Crippen molar-refractivity contribution in [2.24, 2.45) is 0 Å². The summed E-state index contributed by atoms with van der Waals surface area (Å²) in [6.07, 6.45) is 5.75. The number of carbonyl (C=O) groups excluding carboxylic acids is 1. The molecule has 1 aliphatic carbocycles. The van der Waals surface area contributed by atoms with Gasteiger partial charge in [0.05, 0.1) is 11.3 Å². The molecule has 4 nitrogen and oxygen atoms in total. The number of carbonyl (C=O) groups is 1. The molecular formula is C19H23N3O. The van der Waals surface area contributed by atoms with Crippen molar-refractivity contribution in [3.63, 3.8) is 0 Å². The van der Waals surface area contributed by atoms with Gasteiger partial charge in [-0.3, -0.25) is 9.78 Å². The summed E-state index contributed by atoms with van der Waals surface area (Å²) < 4.78 is 0. The second-order valence-electron chi connectivity index (χ2n) is 7.13. The van der Waals surface area contributed by atoms with Crippen LogP contribution in [0.5, 0.6) is 0 Å². The fraction of sp³-hybridized carbons (Fsp3) is 0.368. The van der Waals surface area contributed by atoms with Crippen molar-refractivity contribution in [3.05, 3.63) is 53.9 Å². The Labute approximate surface area is 137 Å². The lowest BCUT2D eigenvalue weighted by molar-refractivity contribution is 0.102. The highest BCUT2D eigenvalue weighted by atomic mass is 16.1. The summed E-state index contributed by atoms with van der Waals surface area (Å²) in [4.78, 5) is 16.7. The van der Waals surface area contributed by atoms with Crippen molar-refractivity contribution in [1.29, 1.82) is 0 Å². The van der Waals surface area contributed by atoms with E-state index in [2.05, 4.69) is 42.5 Å². The number of amides is 1. The minimum absolute atomic E-state index is 0.0303. The Kier molecular flexibility index (Phi) is 4.07. The summed E-state index contributed by atoms with van der Waals surface area (Å²) in [5.41, 5.74) is 3.42. The predicted molar refractivity (Wildman–Crippen MR) is 94.0 cm³/mol. The Hall–Kier alpha value is -2.36. The molecule has 0 spiro atoms. The molecule has 2 aromatic rings. The maximum Gasteiger partial charge on any atom is 0.257 e. The highest BCUT2D eigenvalue weighted by Gasteiger charge is 2.22. The number of anilines is 2. The molecule has 1 aromatic heterocycles. The van der Waals surface area contributed by atoms with Crippen LogP contribution in [0.1, 0.15) is 49.5 Å². The molecule has 3 rings (SSSR count). The van der Waals surface area contributed by atoms with Gasteiger partial charge in [0.2, 0.25) is 0 Å². The molecule has 1 fully saturated rings. The van der Waals surface area contributed by atoms with Crippen molar-refractivity contribution < 1.29 is 4.79 Å². The largest absolute Gasteiger partial charge is 0.381 e. The highest BCUT2D eigenvalue weighted by Crippen LogP contribution is 2.30. The zero-order valence-electron chi connectivity index (χ0n) is 13.9. The smallest absolute Gasteiger partial charge is 0.257 e. The van der Waals surface area contributed by atoms with E-state index in [9.17, 15) is 4.79 Å². The summed E-state index contributed by atoms with van der Waals surface area (Å²) in [6, 6.07) is 10.3. The van der Waals surface area contributed by atoms with Gasteiger partial charge in [0.1, 0.15) is 0 Å². The monoisotopic (exact) mass is 309 g/mol. The maximum absolute atomic E-state index is 12.6. The van der Waals surface area contributed by atoms with Crippen LogP contribution in [0.2, 0.25) is 0 Å². The number of benzene rings is 1. The van der Waals surface area contributed by atoms with Gasteiger partial charge in [0.15, 0.2) is 0 Å². The highest BCUT2D eigenvalue weighted by molar-refractivity contribution is 6.05. The number of pyridine rings is 1. The molecule has 0 radical (unpaired) electrons. The Morgan fingerprint density at radius 2 is 1.91 bits per heavy atom. The van der Waals surface area contributed by atoms with Gasteiger partial charge in [-0.05, 0) is 36.0 Å². The first kappa shape index (κ1) is 15.5. The number of hydrogen-bond donors (Lipinski definition) is 2. The van der Waals surface area contributed by atoms with E-state index in [0.717, 1.165) is 16.9 Å². The third kappa shape index (κ3) is 3.89. The van der Waals surface area contributed by atoms with Gasteiger partial charge in [-0.15, -0.1) is 0 Å². The first-order valence-electron chi connectivity index (χ1n) is 8.06. The quantitative estimate of drug-likeness (QED) is 0.889. The van der Waals surface area contributed by atoms with Gasteiger partial charge < -0.3 is 10.6 Å². The molecule has 4 heteroatoms. The molecule has 0 saturated heterocycles. The molecule has 2 N–H and O–H groups in total. The zero-order valence-corrected chi connectivity index (χ0v) is 13.9. The number of aromatic nitrogens is 1. The van der Waals surface area contributed by atoms with Gasteiger partial charge >= 0.3 is 0 Å². The molecule has 1 amide bonds. The third-order valence-corrected chi connectivity index (χ3v) is 3.93. The van der Waals surface area contributed by atoms with E-state index in [1.54, 1.807) is 12.4 Å². The summed E-state index contributed by atoms with van der Waals surface area (Å²) in [5.74, 6) is -0.131. The molecule has 1 aliphatic rings. The Bertz CT molecular complexity index is 715. The minimum Gasteiger partial charge on any atom is -0.381 e. The Morgan fingerprint density at radius 1 is 1.17 bits per heavy atom. The second-order valence-corrected chi connectivity index (χ2v) is 7.13. The van der Waals surface area contributed by atoms with E-state index in [1.807, 2.05) is 24.3 Å². The van der Waals surface area contributed by atoms with Gasteiger partial charge in [-0.2, -0.15) is 0 Å². The van der Waals surface area contributed by atoms with E-state index in [1.165, 1.54) is 12.8 Å². The molecule has 120 valence electrons. The molecule has 0 unspecified atom stereocenters. The topological polar surface area (TPSA) is 54.0 Å². The molecule has 23 heavy (non-hydrogen) atoms. The normalized spacial score (nSPS) is 14.4. The molecule has 1 aromatic carbocycles. The van der Waals surface area contributed by atoms with E-state index < -0.39 is 0 Å². The predicted octanol–water partition coefficient (Wildman–Crippen LogP) is 4.21. The summed E-state index contributed by atoms with van der Waals surface area (Å²) in [7, 11) is 0. The average molecular weight is 309 g/mol. The van der Waals surface area contributed by atoms with Crippen LogP contribution in [0.15, 0.2) is 42.7 Å². The van der Waals surface area contributed by atoms with Crippen molar-refractivity contribution in [1.82, 2.24) is 4.98 Å². The number of nitrogens with zero attached hydrogens (tertiary/aromatic N) is 1. The molecule has 0 aliphatic heterocycles. The summed E-state index contributed by atoms with van der Waals surface area (Å²) in [5, 5.41) is 6.39. The van der Waals surface area contributed by atoms with Crippen LogP contribution < -0.4 is 10.6 Å².